The summed E-state index contributed by atoms with van der Waals surface area (Å²) in [6, 6.07) is 5.36. The normalized spacial score (nSPS) is 8.23. The monoisotopic (exact) mass is 177 g/mol. The molecule has 0 aromatic heterocycles. The lowest BCUT2D eigenvalue weighted by Gasteiger charge is -2.01. The molecule has 70 valence electrons. The minimum Gasteiger partial charge on any atom is -0.507 e. The van der Waals surface area contributed by atoms with Crippen molar-refractivity contribution in [3.63, 3.8) is 0 Å². The van der Waals surface area contributed by atoms with Gasteiger partial charge in [-0.1, -0.05) is 13.8 Å². The first-order valence-electron chi connectivity index (χ1n) is 4.35. The lowest BCUT2D eigenvalue weighted by molar-refractivity contribution is 0.467. The van der Waals surface area contributed by atoms with Crippen LogP contribution in [0.15, 0.2) is 12.1 Å². The first-order chi connectivity index (χ1) is 6.15. The van der Waals surface area contributed by atoms with Crippen LogP contribution in [-0.4, -0.2) is 5.11 Å². The highest BCUT2D eigenvalue weighted by Crippen LogP contribution is 2.22. The average molecular weight is 177 g/mol. The average Bonchev–Trinajstić information content (AvgIpc) is 2.16. The van der Waals surface area contributed by atoms with Crippen molar-refractivity contribution in [1.29, 1.82) is 5.26 Å². The summed E-state index contributed by atoms with van der Waals surface area (Å²) >= 11 is 0. The van der Waals surface area contributed by atoms with Crippen LogP contribution in [0.5, 0.6) is 5.75 Å². The highest BCUT2D eigenvalue weighted by molar-refractivity contribution is 5.45. The lowest BCUT2D eigenvalue weighted by atomic mass is 10.1. The van der Waals surface area contributed by atoms with Gasteiger partial charge in [0.25, 0.3) is 0 Å². The van der Waals surface area contributed by atoms with E-state index in [2.05, 4.69) is 0 Å². The van der Waals surface area contributed by atoms with Gasteiger partial charge in [-0.15, -0.1) is 0 Å². The fourth-order valence-corrected chi connectivity index (χ4v) is 1.02. The van der Waals surface area contributed by atoms with Crippen LogP contribution in [-0.2, 0) is 0 Å². The zero-order chi connectivity index (χ0) is 10.4. The molecule has 0 aliphatic heterocycles. The van der Waals surface area contributed by atoms with Gasteiger partial charge in [0.1, 0.15) is 5.75 Å². The third kappa shape index (κ3) is 2.79. The Kier molecular flexibility index (Phi) is 4.61. The number of aromatic hydroxyl groups is 1. The smallest absolute Gasteiger partial charge is 0.121 e. The summed E-state index contributed by atoms with van der Waals surface area (Å²) in [4.78, 5) is 0. The Morgan fingerprint density at radius 2 is 1.54 bits per heavy atom. The molecule has 0 saturated heterocycles. The molecule has 0 amide bonds. The minimum absolute atomic E-state index is 0.281. The summed E-state index contributed by atoms with van der Waals surface area (Å²) in [5, 5.41) is 17.9. The van der Waals surface area contributed by atoms with E-state index in [0.29, 0.717) is 5.56 Å². The Hall–Kier alpha value is -1.49. The molecule has 13 heavy (non-hydrogen) atoms. The molecule has 0 fully saturated rings. The standard InChI is InChI=1S/C9H9NO.C2H6/c1-6-3-8(5-10)4-7(2)9(6)11;1-2/h3-4,11H,1-2H3;1-2H3. The topological polar surface area (TPSA) is 44.0 Å². The number of nitriles is 1. The van der Waals surface area contributed by atoms with E-state index in [-0.39, 0.29) is 5.75 Å². The maximum atomic E-state index is 9.32. The number of benzene rings is 1. The molecule has 2 nitrogen and oxygen atoms in total. The number of phenols is 1. The molecule has 1 aromatic rings. The van der Waals surface area contributed by atoms with Gasteiger partial charge in [-0.25, -0.2) is 0 Å². The quantitative estimate of drug-likeness (QED) is 0.662. The molecule has 0 aliphatic rings. The van der Waals surface area contributed by atoms with E-state index >= 15 is 0 Å². The second-order valence-electron chi connectivity index (χ2n) is 2.57. The van der Waals surface area contributed by atoms with Crippen LogP contribution in [0.25, 0.3) is 0 Å². The number of hydrogen-bond donors (Lipinski definition) is 1. The Bertz CT molecular complexity index is 300. The largest absolute Gasteiger partial charge is 0.507 e. The van der Waals surface area contributed by atoms with E-state index in [1.165, 1.54) is 0 Å². The molecule has 0 heterocycles. The van der Waals surface area contributed by atoms with Crippen LogP contribution < -0.4 is 0 Å². The Balaban J connectivity index is 0.000000671. The zero-order valence-corrected chi connectivity index (χ0v) is 8.55. The second-order valence-corrected chi connectivity index (χ2v) is 2.57. The number of phenolic OH excluding ortho intramolecular Hbond substituents is 1. The predicted molar refractivity (Wildman–Crippen MR) is 53.6 cm³/mol. The third-order valence-corrected chi connectivity index (χ3v) is 1.62. The summed E-state index contributed by atoms with van der Waals surface area (Å²) in [5.74, 6) is 0.281. The highest BCUT2D eigenvalue weighted by atomic mass is 16.3. The molecule has 1 aromatic carbocycles. The minimum atomic E-state index is 0.281. The molecule has 2 heteroatoms. The summed E-state index contributed by atoms with van der Waals surface area (Å²) in [5.41, 5.74) is 2.10. The number of rotatable bonds is 0. The predicted octanol–water partition coefficient (Wildman–Crippen LogP) is 2.91. The van der Waals surface area contributed by atoms with Crippen LogP contribution in [0.4, 0.5) is 0 Å². The van der Waals surface area contributed by atoms with Gasteiger partial charge in [0.05, 0.1) is 11.6 Å². The molecule has 0 bridgehead atoms. The van der Waals surface area contributed by atoms with Gasteiger partial charge >= 0.3 is 0 Å². The van der Waals surface area contributed by atoms with Crippen LogP contribution in [0.1, 0.15) is 30.5 Å². The van der Waals surface area contributed by atoms with Crippen LogP contribution >= 0.6 is 0 Å². The van der Waals surface area contributed by atoms with E-state index in [1.54, 1.807) is 26.0 Å². The second kappa shape index (κ2) is 5.21. The van der Waals surface area contributed by atoms with Crippen molar-refractivity contribution in [2.75, 3.05) is 0 Å². The fraction of sp³-hybridized carbons (Fsp3) is 0.364. The highest BCUT2D eigenvalue weighted by Gasteiger charge is 2.01. The molecule has 1 N–H and O–H groups in total. The van der Waals surface area contributed by atoms with E-state index in [1.807, 2.05) is 19.9 Å². The van der Waals surface area contributed by atoms with Crippen LogP contribution in [0.2, 0.25) is 0 Å². The van der Waals surface area contributed by atoms with Crippen molar-refractivity contribution in [2.45, 2.75) is 27.7 Å². The van der Waals surface area contributed by atoms with Gasteiger partial charge in [-0.05, 0) is 37.1 Å². The molecule has 0 spiro atoms. The van der Waals surface area contributed by atoms with Crippen molar-refractivity contribution in [2.24, 2.45) is 0 Å². The maximum Gasteiger partial charge on any atom is 0.121 e. The summed E-state index contributed by atoms with van der Waals surface area (Å²) in [6.45, 7) is 7.56. The maximum absolute atomic E-state index is 9.32. The Morgan fingerprint density at radius 1 is 1.15 bits per heavy atom. The number of nitrogens with zero attached hydrogens (tertiary/aromatic N) is 1. The van der Waals surface area contributed by atoms with Crippen molar-refractivity contribution in [3.05, 3.63) is 28.8 Å². The van der Waals surface area contributed by atoms with Crippen LogP contribution in [0.3, 0.4) is 0 Å². The van der Waals surface area contributed by atoms with E-state index in [4.69, 9.17) is 5.26 Å². The molecule has 0 saturated carbocycles. The van der Waals surface area contributed by atoms with E-state index in [9.17, 15) is 5.11 Å². The Labute approximate surface area is 79.4 Å². The van der Waals surface area contributed by atoms with Crippen molar-refractivity contribution < 1.29 is 5.11 Å². The first-order valence-corrected chi connectivity index (χ1v) is 4.35. The molecule has 0 unspecified atom stereocenters. The van der Waals surface area contributed by atoms with Gasteiger partial charge in [-0.3, -0.25) is 0 Å². The fourth-order valence-electron chi connectivity index (χ4n) is 1.02. The van der Waals surface area contributed by atoms with Gasteiger partial charge in [0.2, 0.25) is 0 Å². The van der Waals surface area contributed by atoms with Crippen molar-refractivity contribution in [3.8, 4) is 11.8 Å². The summed E-state index contributed by atoms with van der Waals surface area (Å²) < 4.78 is 0. The van der Waals surface area contributed by atoms with Gasteiger partial charge < -0.3 is 5.11 Å². The molecule has 0 atom stereocenters. The molecular weight excluding hydrogens is 162 g/mol. The molecule has 0 radical (unpaired) electrons. The van der Waals surface area contributed by atoms with E-state index in [0.717, 1.165) is 11.1 Å². The molecule has 0 aliphatic carbocycles. The first kappa shape index (κ1) is 11.5. The van der Waals surface area contributed by atoms with E-state index < -0.39 is 0 Å². The van der Waals surface area contributed by atoms with Gasteiger partial charge in [-0.2, -0.15) is 5.26 Å². The summed E-state index contributed by atoms with van der Waals surface area (Å²) in [6.07, 6.45) is 0. The number of hydrogen-bond acceptors (Lipinski definition) is 2. The van der Waals surface area contributed by atoms with Crippen LogP contribution in [0, 0.1) is 25.2 Å². The molecular formula is C11H15NO. The summed E-state index contributed by atoms with van der Waals surface area (Å²) in [7, 11) is 0. The van der Waals surface area contributed by atoms with Crippen molar-refractivity contribution in [1.82, 2.24) is 0 Å². The SMILES string of the molecule is CC.Cc1cc(C#N)cc(C)c1O. The van der Waals surface area contributed by atoms with Crippen molar-refractivity contribution >= 4 is 0 Å². The van der Waals surface area contributed by atoms with Gasteiger partial charge in [0.15, 0.2) is 0 Å². The van der Waals surface area contributed by atoms with Gasteiger partial charge in [0, 0.05) is 0 Å². The zero-order valence-electron chi connectivity index (χ0n) is 8.55. The molecule has 1 rings (SSSR count). The Morgan fingerprint density at radius 3 is 1.85 bits per heavy atom. The lowest BCUT2D eigenvalue weighted by Crippen LogP contribution is -1.83. The third-order valence-electron chi connectivity index (χ3n) is 1.62. The number of aryl methyl sites for hydroxylation is 2.